The van der Waals surface area contributed by atoms with Crippen molar-refractivity contribution < 1.29 is 13.9 Å². The highest BCUT2D eigenvalue weighted by atomic mass is 16.5. The Morgan fingerprint density at radius 1 is 1.29 bits per heavy atom. The van der Waals surface area contributed by atoms with Crippen LogP contribution in [0.25, 0.3) is 6.08 Å². The molecule has 1 unspecified atom stereocenters. The largest absolute Gasteiger partial charge is 0.493 e. The molecular formula is C17H17NO3. The molecule has 0 saturated carbocycles. The third kappa shape index (κ3) is 3.16. The molecule has 1 N–H and O–H groups in total. The summed E-state index contributed by atoms with van der Waals surface area (Å²) in [4.78, 5) is 12.0. The second-order valence-corrected chi connectivity index (χ2v) is 5.02. The zero-order valence-corrected chi connectivity index (χ0v) is 11.8. The first kappa shape index (κ1) is 13.5. The lowest BCUT2D eigenvalue weighted by atomic mass is 10.0. The molecule has 0 aliphatic carbocycles. The molecule has 1 atom stereocenters. The number of carbonyl (C=O) groups is 1. The summed E-state index contributed by atoms with van der Waals surface area (Å²) in [6.45, 7) is 2.49. The fourth-order valence-electron chi connectivity index (χ4n) is 2.41. The minimum absolute atomic E-state index is 0.00885. The quantitative estimate of drug-likeness (QED) is 0.880. The number of aryl methyl sites for hydroxylation is 1. The van der Waals surface area contributed by atoms with Crippen molar-refractivity contribution in [3.63, 3.8) is 0 Å². The maximum atomic E-state index is 12.0. The van der Waals surface area contributed by atoms with Gasteiger partial charge >= 0.3 is 0 Å². The van der Waals surface area contributed by atoms with Crippen LogP contribution < -0.4 is 10.1 Å². The molecule has 1 aliphatic heterocycles. The Balaban J connectivity index is 1.67. The minimum atomic E-state index is -0.134. The molecule has 4 nitrogen and oxygen atoms in total. The molecule has 0 saturated heterocycles. The highest BCUT2D eigenvalue weighted by Crippen LogP contribution is 2.31. The van der Waals surface area contributed by atoms with Gasteiger partial charge in [-0.2, -0.15) is 0 Å². The summed E-state index contributed by atoms with van der Waals surface area (Å²) in [7, 11) is 0. The van der Waals surface area contributed by atoms with Crippen LogP contribution in [-0.4, -0.2) is 12.5 Å². The standard InChI is InChI=1S/C17H17NO3/c1-12-6-7-13(21-12)8-9-17(19)18-15-10-11-20-16-5-3-2-4-14(15)16/h2-9,15H,10-11H2,1H3,(H,18,19)/b9-8+. The molecule has 4 heteroatoms. The van der Waals surface area contributed by atoms with Crippen LogP contribution in [0.4, 0.5) is 0 Å². The molecule has 0 radical (unpaired) electrons. The highest BCUT2D eigenvalue weighted by molar-refractivity contribution is 5.91. The van der Waals surface area contributed by atoms with E-state index >= 15 is 0 Å². The van der Waals surface area contributed by atoms with E-state index < -0.39 is 0 Å². The van der Waals surface area contributed by atoms with Gasteiger partial charge in [0.05, 0.1) is 12.6 Å². The number of rotatable bonds is 3. The lowest BCUT2D eigenvalue weighted by Crippen LogP contribution is -2.30. The fraction of sp³-hybridized carbons (Fsp3) is 0.235. The predicted octanol–water partition coefficient (Wildman–Crippen LogP) is 3.24. The summed E-state index contributed by atoms with van der Waals surface area (Å²) < 4.78 is 11.0. The molecule has 0 fully saturated rings. The van der Waals surface area contributed by atoms with Gasteiger partial charge in [0.1, 0.15) is 17.3 Å². The maximum absolute atomic E-state index is 12.0. The zero-order valence-electron chi connectivity index (χ0n) is 11.8. The Labute approximate surface area is 123 Å². The van der Waals surface area contributed by atoms with Crippen LogP contribution >= 0.6 is 0 Å². The van der Waals surface area contributed by atoms with Gasteiger partial charge in [-0.25, -0.2) is 0 Å². The van der Waals surface area contributed by atoms with Gasteiger partial charge in [-0.3, -0.25) is 4.79 Å². The number of hydrogen-bond acceptors (Lipinski definition) is 3. The van der Waals surface area contributed by atoms with E-state index in [2.05, 4.69) is 5.32 Å². The molecule has 2 heterocycles. The molecule has 1 aromatic carbocycles. The van der Waals surface area contributed by atoms with E-state index in [9.17, 15) is 4.79 Å². The van der Waals surface area contributed by atoms with Gasteiger partial charge < -0.3 is 14.5 Å². The van der Waals surface area contributed by atoms with Gasteiger partial charge in [0.2, 0.25) is 5.91 Å². The molecule has 1 amide bonds. The topological polar surface area (TPSA) is 51.5 Å². The van der Waals surface area contributed by atoms with Crippen LogP contribution in [0, 0.1) is 6.92 Å². The van der Waals surface area contributed by atoms with Crippen LogP contribution in [-0.2, 0) is 4.79 Å². The first-order valence-electron chi connectivity index (χ1n) is 6.99. The van der Waals surface area contributed by atoms with Crippen molar-refractivity contribution in [1.29, 1.82) is 0 Å². The van der Waals surface area contributed by atoms with Crippen molar-refractivity contribution >= 4 is 12.0 Å². The van der Waals surface area contributed by atoms with Crippen LogP contribution in [0.2, 0.25) is 0 Å². The summed E-state index contributed by atoms with van der Waals surface area (Å²) in [6, 6.07) is 11.5. The number of carbonyl (C=O) groups excluding carboxylic acids is 1. The lowest BCUT2D eigenvalue weighted by Gasteiger charge is -2.26. The fourth-order valence-corrected chi connectivity index (χ4v) is 2.41. The van der Waals surface area contributed by atoms with Crippen LogP contribution in [0.15, 0.2) is 46.9 Å². The first-order chi connectivity index (χ1) is 10.2. The van der Waals surface area contributed by atoms with E-state index in [1.807, 2.05) is 43.3 Å². The van der Waals surface area contributed by atoms with E-state index in [1.54, 1.807) is 6.08 Å². The average molecular weight is 283 g/mol. The zero-order chi connectivity index (χ0) is 14.7. The SMILES string of the molecule is Cc1ccc(/C=C/C(=O)NC2CCOc3ccccc32)o1. The molecular weight excluding hydrogens is 266 g/mol. The Hall–Kier alpha value is -2.49. The van der Waals surface area contributed by atoms with Crippen LogP contribution in [0.3, 0.4) is 0 Å². The van der Waals surface area contributed by atoms with Gasteiger partial charge in [0.25, 0.3) is 0 Å². The molecule has 3 rings (SSSR count). The van der Waals surface area contributed by atoms with Gasteiger partial charge in [-0.05, 0) is 31.2 Å². The second-order valence-electron chi connectivity index (χ2n) is 5.02. The molecule has 108 valence electrons. The third-order valence-corrected chi connectivity index (χ3v) is 3.44. The van der Waals surface area contributed by atoms with Crippen molar-refractivity contribution in [2.24, 2.45) is 0 Å². The van der Waals surface area contributed by atoms with E-state index in [-0.39, 0.29) is 11.9 Å². The normalized spacial score (nSPS) is 17.3. The number of ether oxygens (including phenoxy) is 1. The molecule has 0 spiro atoms. The van der Waals surface area contributed by atoms with E-state index in [0.717, 1.165) is 23.5 Å². The Kier molecular flexibility index (Phi) is 3.77. The number of hydrogen-bond donors (Lipinski definition) is 1. The van der Waals surface area contributed by atoms with Gasteiger partial charge in [0, 0.05) is 18.1 Å². The molecule has 21 heavy (non-hydrogen) atoms. The van der Waals surface area contributed by atoms with E-state index in [1.165, 1.54) is 6.08 Å². The summed E-state index contributed by atoms with van der Waals surface area (Å²) in [6.07, 6.45) is 3.94. The number of amides is 1. The molecule has 1 aromatic heterocycles. The van der Waals surface area contributed by atoms with Gasteiger partial charge in [-0.1, -0.05) is 18.2 Å². The van der Waals surface area contributed by atoms with Crippen molar-refractivity contribution in [3.8, 4) is 5.75 Å². The smallest absolute Gasteiger partial charge is 0.244 e. The predicted molar refractivity (Wildman–Crippen MR) is 79.9 cm³/mol. The van der Waals surface area contributed by atoms with E-state index in [0.29, 0.717) is 12.4 Å². The Bertz CT molecular complexity index is 672. The minimum Gasteiger partial charge on any atom is -0.493 e. The third-order valence-electron chi connectivity index (χ3n) is 3.44. The van der Waals surface area contributed by atoms with Crippen molar-refractivity contribution in [3.05, 3.63) is 59.6 Å². The molecule has 1 aliphatic rings. The Morgan fingerprint density at radius 3 is 2.95 bits per heavy atom. The summed E-state index contributed by atoms with van der Waals surface area (Å²) in [5.74, 6) is 2.22. The van der Waals surface area contributed by atoms with Crippen molar-refractivity contribution in [2.45, 2.75) is 19.4 Å². The average Bonchev–Trinajstić information content (AvgIpc) is 2.91. The number of fused-ring (bicyclic) bond motifs is 1. The van der Waals surface area contributed by atoms with Gasteiger partial charge in [0.15, 0.2) is 0 Å². The maximum Gasteiger partial charge on any atom is 0.244 e. The lowest BCUT2D eigenvalue weighted by molar-refractivity contribution is -0.117. The number of benzene rings is 1. The summed E-state index contributed by atoms with van der Waals surface area (Å²) in [5, 5.41) is 3.00. The highest BCUT2D eigenvalue weighted by Gasteiger charge is 2.21. The monoisotopic (exact) mass is 283 g/mol. The Morgan fingerprint density at radius 2 is 2.14 bits per heavy atom. The van der Waals surface area contributed by atoms with Crippen LogP contribution in [0.5, 0.6) is 5.75 Å². The second kappa shape index (κ2) is 5.87. The van der Waals surface area contributed by atoms with Crippen LogP contribution in [0.1, 0.15) is 29.5 Å². The number of furan rings is 1. The summed E-state index contributed by atoms with van der Waals surface area (Å²) >= 11 is 0. The van der Waals surface area contributed by atoms with Crippen molar-refractivity contribution in [2.75, 3.05) is 6.61 Å². The van der Waals surface area contributed by atoms with Gasteiger partial charge in [-0.15, -0.1) is 0 Å². The van der Waals surface area contributed by atoms with Crippen molar-refractivity contribution in [1.82, 2.24) is 5.32 Å². The first-order valence-corrected chi connectivity index (χ1v) is 6.99. The number of para-hydroxylation sites is 1. The van der Waals surface area contributed by atoms with E-state index in [4.69, 9.17) is 9.15 Å². The molecule has 0 bridgehead atoms. The summed E-state index contributed by atoms with van der Waals surface area (Å²) in [5.41, 5.74) is 1.03. The number of nitrogens with one attached hydrogen (secondary N) is 1. The molecule has 2 aromatic rings.